The summed E-state index contributed by atoms with van der Waals surface area (Å²) in [6, 6.07) is 3.87. The van der Waals surface area contributed by atoms with Crippen LogP contribution in [0.25, 0.3) is 0 Å². The summed E-state index contributed by atoms with van der Waals surface area (Å²) in [6.45, 7) is 8.65. The van der Waals surface area contributed by atoms with E-state index in [2.05, 4.69) is 15.1 Å². The van der Waals surface area contributed by atoms with Gasteiger partial charge in [-0.15, -0.1) is 0 Å². The predicted molar refractivity (Wildman–Crippen MR) is 89.5 cm³/mol. The lowest BCUT2D eigenvalue weighted by Crippen LogP contribution is -2.49. The zero-order chi connectivity index (χ0) is 16.1. The van der Waals surface area contributed by atoms with Crippen LogP contribution in [-0.4, -0.2) is 66.7 Å². The van der Waals surface area contributed by atoms with E-state index < -0.39 is 0 Å². The van der Waals surface area contributed by atoms with Gasteiger partial charge in [-0.05, 0) is 31.0 Å². The summed E-state index contributed by atoms with van der Waals surface area (Å²) in [5.41, 5.74) is 2.77. The topological polar surface area (TPSA) is 55.8 Å². The molecule has 0 atom stereocenters. The summed E-state index contributed by atoms with van der Waals surface area (Å²) < 4.78 is 0. The lowest BCUT2D eigenvalue weighted by Gasteiger charge is -2.33. The average Bonchev–Trinajstić information content (AvgIpc) is 2.45. The van der Waals surface area contributed by atoms with Crippen LogP contribution in [-0.2, 0) is 4.79 Å². The molecule has 22 heavy (non-hydrogen) atoms. The Morgan fingerprint density at radius 3 is 2.45 bits per heavy atom. The molecule has 1 aliphatic rings. The Hall–Kier alpha value is -1.14. The summed E-state index contributed by atoms with van der Waals surface area (Å²) >= 11 is 6.22. The number of aliphatic hydroxyl groups excluding tert-OH is 1. The quantitative estimate of drug-likeness (QED) is 0.861. The van der Waals surface area contributed by atoms with Crippen molar-refractivity contribution in [3.05, 3.63) is 28.3 Å². The average molecular weight is 326 g/mol. The lowest BCUT2D eigenvalue weighted by atomic mass is 10.1. The van der Waals surface area contributed by atoms with Crippen LogP contribution in [0, 0.1) is 13.8 Å². The number of aryl methyl sites for hydroxylation is 2. The van der Waals surface area contributed by atoms with E-state index in [1.54, 1.807) is 0 Å². The number of β-amino-alcohol motifs (C(OH)–C–C–N with tert-alkyl or cyclic N) is 1. The fraction of sp³-hybridized carbons (Fsp3) is 0.562. The number of rotatable bonds is 5. The second-order valence-electron chi connectivity index (χ2n) is 5.83. The molecular formula is C16H24ClN3O2. The molecule has 1 amide bonds. The third kappa shape index (κ3) is 4.68. The van der Waals surface area contributed by atoms with Crippen LogP contribution in [0.2, 0.25) is 5.02 Å². The van der Waals surface area contributed by atoms with Gasteiger partial charge in [-0.25, -0.2) is 0 Å². The Kier molecular flexibility index (Phi) is 6.20. The molecule has 1 saturated heterocycles. The van der Waals surface area contributed by atoms with E-state index in [9.17, 15) is 4.79 Å². The molecule has 1 heterocycles. The molecular weight excluding hydrogens is 302 g/mol. The number of piperazine rings is 1. The lowest BCUT2D eigenvalue weighted by molar-refractivity contribution is -0.117. The third-order valence-electron chi connectivity index (χ3n) is 3.94. The Balaban J connectivity index is 1.87. The van der Waals surface area contributed by atoms with E-state index in [0.717, 1.165) is 37.3 Å². The van der Waals surface area contributed by atoms with Crippen molar-refractivity contribution in [2.75, 3.05) is 51.2 Å². The molecule has 0 aromatic heterocycles. The van der Waals surface area contributed by atoms with Crippen LogP contribution in [0.1, 0.15) is 11.1 Å². The van der Waals surface area contributed by atoms with Crippen LogP contribution in [0.5, 0.6) is 0 Å². The molecule has 0 saturated carbocycles. The SMILES string of the molecule is Cc1cc(C)c(NC(=O)CN2CCN(CCO)CC2)c(Cl)c1. The van der Waals surface area contributed by atoms with Crippen molar-refractivity contribution in [1.29, 1.82) is 0 Å². The van der Waals surface area contributed by atoms with Gasteiger partial charge in [0.1, 0.15) is 0 Å². The number of carbonyl (C=O) groups is 1. The smallest absolute Gasteiger partial charge is 0.238 e. The first-order chi connectivity index (χ1) is 10.5. The van der Waals surface area contributed by atoms with Crippen molar-refractivity contribution in [3.8, 4) is 0 Å². The van der Waals surface area contributed by atoms with Crippen LogP contribution < -0.4 is 5.32 Å². The zero-order valence-corrected chi connectivity index (χ0v) is 14.0. The minimum absolute atomic E-state index is 0.0375. The van der Waals surface area contributed by atoms with Crippen molar-refractivity contribution >= 4 is 23.2 Å². The number of carbonyl (C=O) groups excluding carboxylic acids is 1. The number of hydrogen-bond donors (Lipinski definition) is 2. The molecule has 1 fully saturated rings. The first-order valence-electron chi connectivity index (χ1n) is 7.61. The highest BCUT2D eigenvalue weighted by atomic mass is 35.5. The summed E-state index contributed by atoms with van der Waals surface area (Å²) in [4.78, 5) is 16.5. The van der Waals surface area contributed by atoms with E-state index in [4.69, 9.17) is 16.7 Å². The molecule has 0 aliphatic carbocycles. The summed E-state index contributed by atoms with van der Waals surface area (Å²) in [6.07, 6.45) is 0. The van der Waals surface area contributed by atoms with Gasteiger partial charge in [0.15, 0.2) is 0 Å². The normalized spacial score (nSPS) is 16.7. The Morgan fingerprint density at radius 2 is 1.86 bits per heavy atom. The first kappa shape index (κ1) is 17.2. The van der Waals surface area contributed by atoms with E-state index in [0.29, 0.717) is 23.8 Å². The van der Waals surface area contributed by atoms with E-state index in [1.807, 2.05) is 26.0 Å². The molecule has 0 unspecified atom stereocenters. The van der Waals surface area contributed by atoms with Gasteiger partial charge in [0.05, 0.1) is 23.9 Å². The zero-order valence-electron chi connectivity index (χ0n) is 13.2. The summed E-state index contributed by atoms with van der Waals surface area (Å²) in [5, 5.41) is 12.4. The van der Waals surface area contributed by atoms with Gasteiger partial charge in [0.2, 0.25) is 5.91 Å². The fourth-order valence-electron chi connectivity index (χ4n) is 2.77. The van der Waals surface area contributed by atoms with Gasteiger partial charge in [-0.2, -0.15) is 0 Å². The highest BCUT2D eigenvalue weighted by Crippen LogP contribution is 2.27. The van der Waals surface area contributed by atoms with Gasteiger partial charge in [0, 0.05) is 32.7 Å². The number of benzene rings is 1. The Bertz CT molecular complexity index is 505. The number of hydrogen-bond acceptors (Lipinski definition) is 4. The molecule has 0 bridgehead atoms. The molecule has 1 aromatic carbocycles. The third-order valence-corrected chi connectivity index (χ3v) is 4.24. The highest BCUT2D eigenvalue weighted by Gasteiger charge is 2.19. The Labute approximate surface area is 136 Å². The van der Waals surface area contributed by atoms with E-state index in [1.165, 1.54) is 0 Å². The molecule has 0 radical (unpaired) electrons. The van der Waals surface area contributed by atoms with Gasteiger partial charge in [0.25, 0.3) is 0 Å². The second-order valence-corrected chi connectivity index (χ2v) is 6.24. The predicted octanol–water partition coefficient (Wildman–Crippen LogP) is 1.51. The summed E-state index contributed by atoms with van der Waals surface area (Å²) in [5.74, 6) is -0.0375. The standard InChI is InChI=1S/C16H24ClN3O2/c1-12-9-13(2)16(14(17)10-12)18-15(22)11-20-5-3-19(4-6-20)7-8-21/h9-10,21H,3-8,11H2,1-2H3,(H,18,22). The number of aliphatic hydroxyl groups is 1. The molecule has 6 heteroatoms. The second kappa shape index (κ2) is 7.92. The van der Waals surface area contributed by atoms with Gasteiger partial charge >= 0.3 is 0 Å². The first-order valence-corrected chi connectivity index (χ1v) is 7.99. The van der Waals surface area contributed by atoms with Gasteiger partial charge in [-0.1, -0.05) is 17.7 Å². The van der Waals surface area contributed by atoms with Crippen molar-refractivity contribution in [2.45, 2.75) is 13.8 Å². The number of amides is 1. The maximum absolute atomic E-state index is 12.2. The molecule has 122 valence electrons. The van der Waals surface area contributed by atoms with Crippen molar-refractivity contribution < 1.29 is 9.90 Å². The highest BCUT2D eigenvalue weighted by molar-refractivity contribution is 6.34. The van der Waals surface area contributed by atoms with Crippen LogP contribution >= 0.6 is 11.6 Å². The van der Waals surface area contributed by atoms with Crippen molar-refractivity contribution in [3.63, 3.8) is 0 Å². The number of nitrogens with one attached hydrogen (secondary N) is 1. The molecule has 1 aromatic rings. The fourth-order valence-corrected chi connectivity index (χ4v) is 3.14. The molecule has 5 nitrogen and oxygen atoms in total. The summed E-state index contributed by atoms with van der Waals surface area (Å²) in [7, 11) is 0. The van der Waals surface area contributed by atoms with E-state index in [-0.39, 0.29) is 12.5 Å². The molecule has 0 spiro atoms. The van der Waals surface area contributed by atoms with Crippen LogP contribution in [0.3, 0.4) is 0 Å². The minimum atomic E-state index is -0.0375. The van der Waals surface area contributed by atoms with Gasteiger partial charge < -0.3 is 10.4 Å². The maximum Gasteiger partial charge on any atom is 0.238 e. The van der Waals surface area contributed by atoms with Crippen molar-refractivity contribution in [2.24, 2.45) is 0 Å². The largest absolute Gasteiger partial charge is 0.395 e. The van der Waals surface area contributed by atoms with E-state index >= 15 is 0 Å². The maximum atomic E-state index is 12.2. The number of halogens is 1. The van der Waals surface area contributed by atoms with Crippen molar-refractivity contribution in [1.82, 2.24) is 9.80 Å². The van der Waals surface area contributed by atoms with Gasteiger partial charge in [-0.3, -0.25) is 14.6 Å². The minimum Gasteiger partial charge on any atom is -0.395 e. The number of anilines is 1. The number of nitrogens with zero attached hydrogens (tertiary/aromatic N) is 2. The molecule has 2 rings (SSSR count). The molecule has 1 aliphatic heterocycles. The Morgan fingerprint density at radius 1 is 1.23 bits per heavy atom. The van der Waals surface area contributed by atoms with Crippen LogP contribution in [0.4, 0.5) is 5.69 Å². The monoisotopic (exact) mass is 325 g/mol. The van der Waals surface area contributed by atoms with Crippen LogP contribution in [0.15, 0.2) is 12.1 Å². The molecule has 2 N–H and O–H groups in total.